The lowest BCUT2D eigenvalue weighted by Crippen LogP contribution is -2.14. The van der Waals surface area contributed by atoms with Crippen LogP contribution in [0.5, 0.6) is 0 Å². The van der Waals surface area contributed by atoms with E-state index in [9.17, 15) is 9.18 Å². The summed E-state index contributed by atoms with van der Waals surface area (Å²) in [4.78, 5) is 10.9. The number of Topliss-reactive ketones (excluding diaryl/α,β-unsaturated/α-hetero) is 1. The quantitative estimate of drug-likeness (QED) is 0.584. The molecule has 0 saturated heterocycles. The third kappa shape index (κ3) is 4.93. The predicted molar refractivity (Wildman–Crippen MR) is 44.3 cm³/mol. The molecule has 0 aliphatic heterocycles. The molecule has 0 fully saturated rings. The number of rotatable bonds is 6. The number of carbonyl (C=O) groups excluding carboxylic acids is 1. The Morgan fingerprint density at radius 1 is 1.36 bits per heavy atom. The SMILES string of the molecule is CCCCC(=O)[C@H](F)CCC. The van der Waals surface area contributed by atoms with Crippen LogP contribution in [0.4, 0.5) is 4.39 Å². The number of ketones is 1. The van der Waals surface area contributed by atoms with Crippen LogP contribution in [0.2, 0.25) is 0 Å². The average Bonchev–Trinajstić information content (AvgIpc) is 2.00. The van der Waals surface area contributed by atoms with Crippen LogP contribution >= 0.6 is 0 Å². The van der Waals surface area contributed by atoms with E-state index < -0.39 is 6.17 Å². The average molecular weight is 160 g/mol. The van der Waals surface area contributed by atoms with Crippen LogP contribution in [0.25, 0.3) is 0 Å². The van der Waals surface area contributed by atoms with E-state index in [0.717, 1.165) is 19.3 Å². The van der Waals surface area contributed by atoms with E-state index in [0.29, 0.717) is 12.8 Å². The first-order valence-electron chi connectivity index (χ1n) is 4.39. The van der Waals surface area contributed by atoms with Gasteiger partial charge in [-0.25, -0.2) is 4.39 Å². The lowest BCUT2D eigenvalue weighted by molar-refractivity contribution is -0.124. The van der Waals surface area contributed by atoms with E-state index in [1.165, 1.54) is 0 Å². The molecule has 0 aromatic heterocycles. The molecule has 0 saturated carbocycles. The van der Waals surface area contributed by atoms with E-state index in [1.807, 2.05) is 13.8 Å². The molecule has 0 N–H and O–H groups in total. The molecule has 11 heavy (non-hydrogen) atoms. The van der Waals surface area contributed by atoms with E-state index in [4.69, 9.17) is 0 Å². The fourth-order valence-electron chi connectivity index (χ4n) is 0.922. The molecule has 1 nitrogen and oxygen atoms in total. The van der Waals surface area contributed by atoms with Crippen molar-refractivity contribution < 1.29 is 9.18 Å². The predicted octanol–water partition coefficient (Wildman–Crippen LogP) is 2.88. The highest BCUT2D eigenvalue weighted by Crippen LogP contribution is 2.07. The molecule has 0 radical (unpaired) electrons. The summed E-state index contributed by atoms with van der Waals surface area (Å²) >= 11 is 0. The van der Waals surface area contributed by atoms with Crippen LogP contribution < -0.4 is 0 Å². The Kier molecular flexibility index (Phi) is 6.09. The molecule has 0 rings (SSSR count). The van der Waals surface area contributed by atoms with Gasteiger partial charge < -0.3 is 0 Å². The van der Waals surface area contributed by atoms with Gasteiger partial charge in [0.15, 0.2) is 12.0 Å². The van der Waals surface area contributed by atoms with Crippen LogP contribution in [-0.4, -0.2) is 12.0 Å². The molecule has 0 bridgehead atoms. The van der Waals surface area contributed by atoms with E-state index in [2.05, 4.69) is 0 Å². The zero-order valence-electron chi connectivity index (χ0n) is 7.40. The van der Waals surface area contributed by atoms with Gasteiger partial charge in [0, 0.05) is 6.42 Å². The highest BCUT2D eigenvalue weighted by atomic mass is 19.1. The lowest BCUT2D eigenvalue weighted by atomic mass is 10.1. The Bertz CT molecular complexity index is 112. The summed E-state index contributed by atoms with van der Waals surface area (Å²) in [6.07, 6.45) is 2.14. The van der Waals surface area contributed by atoms with Crippen LogP contribution in [0.1, 0.15) is 46.0 Å². The second-order valence-corrected chi connectivity index (χ2v) is 2.83. The first-order valence-corrected chi connectivity index (χ1v) is 4.39. The zero-order chi connectivity index (χ0) is 8.69. The molecular formula is C9H17FO. The summed E-state index contributed by atoms with van der Waals surface area (Å²) < 4.78 is 12.8. The molecule has 66 valence electrons. The van der Waals surface area contributed by atoms with Gasteiger partial charge >= 0.3 is 0 Å². The molecule has 0 unspecified atom stereocenters. The second kappa shape index (κ2) is 6.32. The normalized spacial score (nSPS) is 13.0. The monoisotopic (exact) mass is 160 g/mol. The van der Waals surface area contributed by atoms with E-state index >= 15 is 0 Å². The Labute approximate surface area is 68.0 Å². The minimum absolute atomic E-state index is 0.214. The van der Waals surface area contributed by atoms with Crippen LogP contribution in [0, 0.1) is 0 Å². The Hall–Kier alpha value is -0.400. The van der Waals surface area contributed by atoms with Crippen molar-refractivity contribution in [2.24, 2.45) is 0 Å². The summed E-state index contributed by atoms with van der Waals surface area (Å²) in [7, 11) is 0. The van der Waals surface area contributed by atoms with Gasteiger partial charge in [-0.15, -0.1) is 0 Å². The molecule has 0 aliphatic rings. The van der Waals surface area contributed by atoms with Gasteiger partial charge in [0.2, 0.25) is 0 Å². The minimum Gasteiger partial charge on any atom is -0.296 e. The van der Waals surface area contributed by atoms with Crippen molar-refractivity contribution in [3.63, 3.8) is 0 Å². The van der Waals surface area contributed by atoms with Gasteiger partial charge in [0.25, 0.3) is 0 Å². The molecule has 0 aliphatic carbocycles. The van der Waals surface area contributed by atoms with Crippen molar-refractivity contribution in [3.05, 3.63) is 0 Å². The van der Waals surface area contributed by atoms with Crippen molar-refractivity contribution in [1.29, 1.82) is 0 Å². The van der Waals surface area contributed by atoms with Gasteiger partial charge in [0.1, 0.15) is 0 Å². The lowest BCUT2D eigenvalue weighted by Gasteiger charge is -2.03. The van der Waals surface area contributed by atoms with Crippen molar-refractivity contribution >= 4 is 5.78 Å². The van der Waals surface area contributed by atoms with E-state index in [-0.39, 0.29) is 5.78 Å². The Morgan fingerprint density at radius 2 is 2.00 bits per heavy atom. The molecule has 0 amide bonds. The highest BCUT2D eigenvalue weighted by molar-refractivity contribution is 5.82. The number of alkyl halides is 1. The van der Waals surface area contributed by atoms with E-state index in [1.54, 1.807) is 0 Å². The molecule has 0 heterocycles. The molecule has 0 aromatic rings. The topological polar surface area (TPSA) is 17.1 Å². The first-order chi connectivity index (χ1) is 5.22. The number of unbranched alkanes of at least 4 members (excludes halogenated alkanes) is 1. The maximum absolute atomic E-state index is 12.8. The van der Waals surface area contributed by atoms with Gasteiger partial charge in [-0.05, 0) is 12.8 Å². The zero-order valence-corrected chi connectivity index (χ0v) is 7.40. The van der Waals surface area contributed by atoms with Crippen LogP contribution in [0.15, 0.2) is 0 Å². The highest BCUT2D eigenvalue weighted by Gasteiger charge is 2.14. The molecular weight excluding hydrogens is 143 g/mol. The summed E-state index contributed by atoms with van der Waals surface area (Å²) in [6, 6.07) is 0. The van der Waals surface area contributed by atoms with Gasteiger partial charge in [-0.3, -0.25) is 4.79 Å². The molecule has 1 atom stereocenters. The van der Waals surface area contributed by atoms with Crippen LogP contribution in [-0.2, 0) is 4.79 Å². The number of halogens is 1. The molecule has 2 heteroatoms. The third-order valence-corrected chi connectivity index (χ3v) is 1.67. The van der Waals surface area contributed by atoms with Crippen LogP contribution in [0.3, 0.4) is 0 Å². The van der Waals surface area contributed by atoms with Gasteiger partial charge in [-0.2, -0.15) is 0 Å². The maximum atomic E-state index is 12.8. The summed E-state index contributed by atoms with van der Waals surface area (Å²) in [5.41, 5.74) is 0. The summed E-state index contributed by atoms with van der Waals surface area (Å²) in [5, 5.41) is 0. The first kappa shape index (κ1) is 10.6. The van der Waals surface area contributed by atoms with Crippen molar-refractivity contribution in [2.45, 2.75) is 52.1 Å². The number of carbonyl (C=O) groups is 1. The second-order valence-electron chi connectivity index (χ2n) is 2.83. The van der Waals surface area contributed by atoms with Gasteiger partial charge in [0.05, 0.1) is 0 Å². The summed E-state index contributed by atoms with van der Waals surface area (Å²) in [6.45, 7) is 3.89. The fourth-order valence-corrected chi connectivity index (χ4v) is 0.922. The van der Waals surface area contributed by atoms with Crippen molar-refractivity contribution in [3.8, 4) is 0 Å². The van der Waals surface area contributed by atoms with Gasteiger partial charge in [-0.1, -0.05) is 26.7 Å². The number of hydrogen-bond donors (Lipinski definition) is 0. The summed E-state index contributed by atoms with van der Waals surface area (Å²) in [5.74, 6) is -0.214. The third-order valence-electron chi connectivity index (χ3n) is 1.67. The largest absolute Gasteiger partial charge is 0.296 e. The number of hydrogen-bond acceptors (Lipinski definition) is 1. The molecule has 0 spiro atoms. The van der Waals surface area contributed by atoms with Crippen molar-refractivity contribution in [1.82, 2.24) is 0 Å². The Balaban J connectivity index is 3.47. The smallest absolute Gasteiger partial charge is 0.166 e. The maximum Gasteiger partial charge on any atom is 0.166 e. The standard InChI is InChI=1S/C9H17FO/c1-3-5-7-9(11)8(10)6-4-2/h8H,3-7H2,1-2H3/t8-/m1/s1. The minimum atomic E-state index is -1.20. The van der Waals surface area contributed by atoms with Crippen molar-refractivity contribution in [2.75, 3.05) is 0 Å². The fraction of sp³-hybridized carbons (Fsp3) is 0.889. The Morgan fingerprint density at radius 3 is 2.45 bits per heavy atom. The molecule has 0 aromatic carbocycles.